The number of amides is 1. The van der Waals surface area contributed by atoms with E-state index in [0.717, 1.165) is 97.2 Å². The van der Waals surface area contributed by atoms with Crippen LogP contribution in [0.5, 0.6) is 0 Å². The van der Waals surface area contributed by atoms with Crippen molar-refractivity contribution in [1.82, 2.24) is 20.0 Å². The Kier molecular flexibility index (Phi) is 8.50. The van der Waals surface area contributed by atoms with Gasteiger partial charge in [0.05, 0.1) is 12.6 Å². The third-order valence-electron chi connectivity index (χ3n) is 6.63. The van der Waals surface area contributed by atoms with Gasteiger partial charge in [0.1, 0.15) is 0 Å². The van der Waals surface area contributed by atoms with Gasteiger partial charge in [-0.05, 0) is 45.8 Å². The zero-order valence-corrected chi connectivity index (χ0v) is 19.3. The van der Waals surface area contributed by atoms with Crippen LogP contribution in [-0.4, -0.2) is 109 Å². The fourth-order valence-corrected chi connectivity index (χ4v) is 5.26. The summed E-state index contributed by atoms with van der Waals surface area (Å²) in [5.41, 5.74) is 0. The molecule has 166 valence electrons. The smallest absolute Gasteiger partial charge is 0.239 e. The quantitative estimate of drug-likeness (QED) is 0.514. The number of likely N-dealkylation sites (tertiary alicyclic amines) is 1. The van der Waals surface area contributed by atoms with Crippen molar-refractivity contribution in [2.24, 2.45) is 4.99 Å². The normalized spacial score (nSPS) is 24.6. The lowest BCUT2D eigenvalue weighted by Crippen LogP contribution is -2.57. The molecule has 0 saturated carbocycles. The van der Waals surface area contributed by atoms with Gasteiger partial charge in [0.15, 0.2) is 5.96 Å². The monoisotopic (exact) mass is 425 g/mol. The van der Waals surface area contributed by atoms with Crippen LogP contribution in [0.2, 0.25) is 0 Å². The predicted molar refractivity (Wildman–Crippen MR) is 121 cm³/mol. The van der Waals surface area contributed by atoms with E-state index in [1.54, 1.807) is 0 Å². The maximum atomic E-state index is 12.7. The molecule has 3 aliphatic heterocycles. The minimum Gasteiger partial charge on any atom is -0.381 e. The van der Waals surface area contributed by atoms with Crippen LogP contribution in [-0.2, 0) is 9.53 Å². The number of thioether (sulfide) groups is 1. The molecule has 3 heterocycles. The Morgan fingerprint density at radius 2 is 1.76 bits per heavy atom. The molecule has 3 aliphatic rings. The first-order chi connectivity index (χ1) is 14.1. The second-order valence-corrected chi connectivity index (χ2v) is 9.68. The summed E-state index contributed by atoms with van der Waals surface area (Å²) in [6, 6.07) is -0.0169. The van der Waals surface area contributed by atoms with Gasteiger partial charge in [-0.1, -0.05) is 0 Å². The van der Waals surface area contributed by atoms with E-state index < -0.39 is 0 Å². The largest absolute Gasteiger partial charge is 0.381 e. The van der Waals surface area contributed by atoms with Crippen molar-refractivity contribution >= 4 is 23.6 Å². The summed E-state index contributed by atoms with van der Waals surface area (Å²) in [4.78, 5) is 24.5. The van der Waals surface area contributed by atoms with Gasteiger partial charge in [0.25, 0.3) is 0 Å². The molecule has 0 aromatic rings. The first kappa shape index (κ1) is 22.7. The van der Waals surface area contributed by atoms with Crippen molar-refractivity contribution in [2.75, 3.05) is 71.8 Å². The Bertz CT molecular complexity index is 553. The fraction of sp³-hybridized carbons (Fsp3) is 0.905. The number of guanidine groups is 1. The Morgan fingerprint density at radius 3 is 2.34 bits per heavy atom. The minimum absolute atomic E-state index is 0.0169. The van der Waals surface area contributed by atoms with Crippen molar-refractivity contribution in [3.63, 3.8) is 0 Å². The van der Waals surface area contributed by atoms with Crippen molar-refractivity contribution < 1.29 is 9.53 Å². The standard InChI is InChI=1S/C21H39N5O2S/c1-4-22-20(23-17-21(29-3)7-15-28-16-8-21)26-13-11-24(12-14-26)18(2)19(27)25-9-5-6-10-25/h18H,4-17H2,1-3H3,(H,22,23). The lowest BCUT2D eigenvalue weighted by molar-refractivity contribution is -0.135. The Hall–Kier alpha value is -0.990. The molecule has 3 fully saturated rings. The molecule has 1 amide bonds. The molecular formula is C21H39N5O2S. The summed E-state index contributed by atoms with van der Waals surface area (Å²) in [6.07, 6.45) is 6.64. The number of nitrogens with one attached hydrogen (secondary N) is 1. The summed E-state index contributed by atoms with van der Waals surface area (Å²) in [6.45, 7) is 13.1. The summed E-state index contributed by atoms with van der Waals surface area (Å²) < 4.78 is 5.77. The molecule has 1 atom stereocenters. The van der Waals surface area contributed by atoms with Crippen LogP contribution >= 0.6 is 11.8 Å². The summed E-state index contributed by atoms with van der Waals surface area (Å²) >= 11 is 1.94. The first-order valence-electron chi connectivity index (χ1n) is 11.3. The van der Waals surface area contributed by atoms with E-state index in [9.17, 15) is 4.79 Å². The SMILES string of the molecule is CCNC(=NCC1(SC)CCOCC1)N1CCN(C(C)C(=O)N2CCCC2)CC1. The minimum atomic E-state index is -0.0169. The molecule has 0 radical (unpaired) electrons. The summed E-state index contributed by atoms with van der Waals surface area (Å²) in [7, 11) is 0. The summed E-state index contributed by atoms with van der Waals surface area (Å²) in [5.74, 6) is 1.32. The van der Waals surface area contributed by atoms with Gasteiger partial charge in [0.2, 0.25) is 5.91 Å². The fourth-order valence-electron chi connectivity index (χ4n) is 4.49. The van der Waals surface area contributed by atoms with Crippen molar-refractivity contribution in [3.8, 4) is 0 Å². The summed E-state index contributed by atoms with van der Waals surface area (Å²) in [5, 5.41) is 3.49. The molecule has 0 spiro atoms. The topological polar surface area (TPSA) is 60.4 Å². The van der Waals surface area contributed by atoms with E-state index in [0.29, 0.717) is 5.91 Å². The molecule has 3 saturated heterocycles. The second kappa shape index (κ2) is 10.9. The highest BCUT2D eigenvalue weighted by Gasteiger charge is 2.33. The molecule has 7 nitrogen and oxygen atoms in total. The highest BCUT2D eigenvalue weighted by molar-refractivity contribution is 8.00. The Balaban J connectivity index is 1.55. The molecule has 0 aromatic heterocycles. The van der Waals surface area contributed by atoms with Crippen molar-refractivity contribution in [3.05, 3.63) is 0 Å². The van der Waals surface area contributed by atoms with Gasteiger partial charge < -0.3 is 19.9 Å². The van der Waals surface area contributed by atoms with Gasteiger partial charge in [-0.15, -0.1) is 0 Å². The molecule has 3 rings (SSSR count). The maximum Gasteiger partial charge on any atom is 0.239 e. The van der Waals surface area contributed by atoms with Crippen LogP contribution in [0.25, 0.3) is 0 Å². The van der Waals surface area contributed by atoms with Gasteiger partial charge in [-0.25, -0.2) is 0 Å². The number of carbonyl (C=O) groups excluding carboxylic acids is 1. The zero-order valence-electron chi connectivity index (χ0n) is 18.5. The van der Waals surface area contributed by atoms with Gasteiger partial charge in [-0.3, -0.25) is 14.7 Å². The molecule has 0 aromatic carbocycles. The number of ether oxygens (including phenoxy) is 1. The number of carbonyl (C=O) groups is 1. The molecule has 0 bridgehead atoms. The van der Waals surface area contributed by atoms with E-state index in [1.807, 2.05) is 16.7 Å². The lowest BCUT2D eigenvalue weighted by atomic mass is 9.99. The Morgan fingerprint density at radius 1 is 1.10 bits per heavy atom. The highest BCUT2D eigenvalue weighted by atomic mass is 32.2. The number of hydrogen-bond acceptors (Lipinski definition) is 5. The average Bonchev–Trinajstić information content (AvgIpc) is 3.31. The van der Waals surface area contributed by atoms with Gasteiger partial charge in [0, 0.05) is 63.8 Å². The van der Waals surface area contributed by atoms with Crippen LogP contribution in [0.1, 0.15) is 39.5 Å². The van der Waals surface area contributed by atoms with Crippen LogP contribution < -0.4 is 5.32 Å². The first-order valence-corrected chi connectivity index (χ1v) is 12.5. The predicted octanol–water partition coefficient (Wildman–Crippen LogP) is 1.49. The van der Waals surface area contributed by atoms with Crippen LogP contribution in [0.4, 0.5) is 0 Å². The van der Waals surface area contributed by atoms with E-state index in [1.165, 1.54) is 0 Å². The van der Waals surface area contributed by atoms with E-state index >= 15 is 0 Å². The van der Waals surface area contributed by atoms with E-state index in [4.69, 9.17) is 9.73 Å². The van der Waals surface area contributed by atoms with Gasteiger partial charge in [-0.2, -0.15) is 11.8 Å². The second-order valence-electron chi connectivity index (χ2n) is 8.40. The number of nitrogens with zero attached hydrogens (tertiary/aromatic N) is 4. The third-order valence-corrected chi connectivity index (χ3v) is 8.03. The molecule has 1 N–H and O–H groups in total. The number of hydrogen-bond donors (Lipinski definition) is 1. The highest BCUT2D eigenvalue weighted by Crippen LogP contribution is 2.34. The molecule has 1 unspecified atom stereocenters. The van der Waals surface area contributed by atoms with Crippen LogP contribution in [0, 0.1) is 0 Å². The van der Waals surface area contributed by atoms with E-state index in [-0.39, 0.29) is 10.8 Å². The van der Waals surface area contributed by atoms with Crippen molar-refractivity contribution in [1.29, 1.82) is 0 Å². The number of aliphatic imine (C=N–C) groups is 1. The van der Waals surface area contributed by atoms with E-state index in [2.05, 4.69) is 35.2 Å². The lowest BCUT2D eigenvalue weighted by Gasteiger charge is -2.40. The molecule has 29 heavy (non-hydrogen) atoms. The Labute approximate surface area is 180 Å². The zero-order chi connectivity index (χ0) is 20.7. The number of rotatable bonds is 6. The average molecular weight is 426 g/mol. The molecular weight excluding hydrogens is 386 g/mol. The van der Waals surface area contributed by atoms with Crippen LogP contribution in [0.15, 0.2) is 4.99 Å². The maximum absolute atomic E-state index is 12.7. The van der Waals surface area contributed by atoms with Crippen molar-refractivity contribution in [2.45, 2.75) is 50.3 Å². The van der Waals surface area contributed by atoms with Crippen LogP contribution in [0.3, 0.4) is 0 Å². The number of piperazine rings is 1. The molecule has 8 heteroatoms. The third kappa shape index (κ3) is 5.79. The van der Waals surface area contributed by atoms with Gasteiger partial charge >= 0.3 is 0 Å². The molecule has 0 aliphatic carbocycles.